The molecule has 152 valence electrons. The maximum Gasteiger partial charge on any atom is 0.317 e. The standard InChI is InChI=1S/C19H28FN3O3.ClH/c1-14(19(26)21-12-15-5-7-16(20)8-6-15)23-10-3-4-17(9-11-23)22(2)13-18(24)25;/h5-8,14,17H,3-4,9-13H2,1-2H3,(H,21,26)(H,24,25);1H. The minimum Gasteiger partial charge on any atom is -0.480 e. The quantitative estimate of drug-likeness (QED) is 0.732. The minimum absolute atomic E-state index is 0. The van der Waals surface area contributed by atoms with Crippen molar-refractivity contribution in [2.45, 2.75) is 44.8 Å². The number of carboxylic acids is 1. The van der Waals surface area contributed by atoms with Crippen LogP contribution in [0.5, 0.6) is 0 Å². The summed E-state index contributed by atoms with van der Waals surface area (Å²) in [5, 5.41) is 11.8. The van der Waals surface area contributed by atoms with Crippen LogP contribution in [0.15, 0.2) is 24.3 Å². The van der Waals surface area contributed by atoms with Crippen molar-refractivity contribution in [2.75, 3.05) is 26.7 Å². The van der Waals surface area contributed by atoms with Crippen molar-refractivity contribution in [1.82, 2.24) is 15.1 Å². The van der Waals surface area contributed by atoms with Crippen LogP contribution in [0.25, 0.3) is 0 Å². The highest BCUT2D eigenvalue weighted by Gasteiger charge is 2.26. The molecule has 0 aliphatic carbocycles. The van der Waals surface area contributed by atoms with Crippen LogP contribution in [0.2, 0.25) is 0 Å². The molecule has 0 bridgehead atoms. The smallest absolute Gasteiger partial charge is 0.317 e. The molecule has 2 atom stereocenters. The highest BCUT2D eigenvalue weighted by atomic mass is 35.5. The Morgan fingerprint density at radius 3 is 2.59 bits per heavy atom. The SMILES string of the molecule is CC(C(=O)NCc1ccc(F)cc1)N1CCCC(N(C)CC(=O)O)CC1.Cl. The number of carbonyl (C=O) groups excluding carboxylic acids is 1. The molecule has 0 aromatic heterocycles. The van der Waals surface area contributed by atoms with E-state index in [1.165, 1.54) is 12.1 Å². The monoisotopic (exact) mass is 401 g/mol. The molecule has 1 aliphatic heterocycles. The first-order valence-corrected chi connectivity index (χ1v) is 9.05. The van der Waals surface area contributed by atoms with Crippen molar-refractivity contribution in [1.29, 1.82) is 0 Å². The highest BCUT2D eigenvalue weighted by Crippen LogP contribution is 2.17. The van der Waals surface area contributed by atoms with Gasteiger partial charge in [-0.2, -0.15) is 0 Å². The summed E-state index contributed by atoms with van der Waals surface area (Å²) in [5.41, 5.74) is 0.859. The van der Waals surface area contributed by atoms with E-state index in [9.17, 15) is 14.0 Å². The first-order valence-electron chi connectivity index (χ1n) is 9.05. The number of aliphatic carboxylic acids is 1. The van der Waals surface area contributed by atoms with Crippen LogP contribution in [0.1, 0.15) is 31.7 Å². The Morgan fingerprint density at radius 2 is 1.96 bits per heavy atom. The van der Waals surface area contributed by atoms with Gasteiger partial charge < -0.3 is 10.4 Å². The molecule has 1 saturated heterocycles. The lowest BCUT2D eigenvalue weighted by Gasteiger charge is -2.28. The van der Waals surface area contributed by atoms with E-state index in [0.717, 1.165) is 37.9 Å². The lowest BCUT2D eigenvalue weighted by atomic mass is 10.1. The summed E-state index contributed by atoms with van der Waals surface area (Å²) in [4.78, 5) is 27.4. The van der Waals surface area contributed by atoms with Crippen LogP contribution in [-0.4, -0.2) is 65.5 Å². The van der Waals surface area contributed by atoms with Crippen LogP contribution in [-0.2, 0) is 16.1 Å². The molecule has 1 fully saturated rings. The molecule has 1 aromatic carbocycles. The topological polar surface area (TPSA) is 72.9 Å². The summed E-state index contributed by atoms with van der Waals surface area (Å²) >= 11 is 0. The Hall–Kier alpha value is -1.70. The number of rotatable bonds is 7. The van der Waals surface area contributed by atoms with Gasteiger partial charge in [0.15, 0.2) is 0 Å². The zero-order valence-corrected chi connectivity index (χ0v) is 16.7. The van der Waals surface area contributed by atoms with Crippen molar-refractivity contribution in [3.8, 4) is 0 Å². The largest absolute Gasteiger partial charge is 0.480 e. The van der Waals surface area contributed by atoms with E-state index < -0.39 is 5.97 Å². The van der Waals surface area contributed by atoms with E-state index >= 15 is 0 Å². The zero-order valence-electron chi connectivity index (χ0n) is 15.9. The number of likely N-dealkylation sites (tertiary alicyclic amines) is 1. The number of nitrogens with one attached hydrogen (secondary N) is 1. The van der Waals surface area contributed by atoms with Crippen molar-refractivity contribution in [3.05, 3.63) is 35.6 Å². The van der Waals surface area contributed by atoms with E-state index in [2.05, 4.69) is 10.2 Å². The van der Waals surface area contributed by atoms with Gasteiger partial charge in [-0.25, -0.2) is 4.39 Å². The number of benzene rings is 1. The lowest BCUT2D eigenvalue weighted by Crippen LogP contribution is -2.45. The predicted octanol–water partition coefficient (Wildman–Crippen LogP) is 2.12. The average molecular weight is 402 g/mol. The molecule has 2 unspecified atom stereocenters. The number of hydrogen-bond acceptors (Lipinski definition) is 4. The predicted molar refractivity (Wildman–Crippen MR) is 104 cm³/mol. The third-order valence-electron chi connectivity index (χ3n) is 5.05. The summed E-state index contributed by atoms with van der Waals surface area (Å²) in [5.74, 6) is -1.16. The van der Waals surface area contributed by atoms with E-state index in [-0.39, 0.29) is 42.8 Å². The van der Waals surface area contributed by atoms with E-state index in [4.69, 9.17) is 5.11 Å². The normalized spacial score (nSPS) is 19.0. The third kappa shape index (κ3) is 7.44. The Labute approximate surface area is 166 Å². The Kier molecular flexibility index (Phi) is 9.69. The first-order chi connectivity index (χ1) is 12.4. The number of amides is 1. The van der Waals surface area contributed by atoms with Gasteiger partial charge in [0.1, 0.15) is 5.82 Å². The van der Waals surface area contributed by atoms with Gasteiger partial charge in [-0.1, -0.05) is 12.1 Å². The molecule has 1 aromatic rings. The molecular formula is C19H29ClFN3O3. The summed E-state index contributed by atoms with van der Waals surface area (Å²) in [7, 11) is 1.84. The van der Waals surface area contributed by atoms with E-state index in [1.807, 2.05) is 18.9 Å². The van der Waals surface area contributed by atoms with Gasteiger partial charge in [0.05, 0.1) is 12.6 Å². The maximum atomic E-state index is 12.9. The van der Waals surface area contributed by atoms with E-state index in [1.54, 1.807) is 12.1 Å². The molecule has 2 rings (SSSR count). The molecule has 1 heterocycles. The van der Waals surface area contributed by atoms with Crippen LogP contribution < -0.4 is 5.32 Å². The van der Waals surface area contributed by atoms with Gasteiger partial charge in [-0.15, -0.1) is 12.4 Å². The number of hydrogen-bond donors (Lipinski definition) is 2. The van der Waals surface area contributed by atoms with Crippen molar-refractivity contribution in [2.24, 2.45) is 0 Å². The molecule has 2 N–H and O–H groups in total. The summed E-state index contributed by atoms with van der Waals surface area (Å²) < 4.78 is 12.9. The lowest BCUT2D eigenvalue weighted by molar-refractivity contribution is -0.138. The fraction of sp³-hybridized carbons (Fsp3) is 0.579. The Morgan fingerprint density at radius 1 is 1.30 bits per heavy atom. The van der Waals surface area contributed by atoms with Gasteiger partial charge in [0, 0.05) is 19.1 Å². The van der Waals surface area contributed by atoms with Gasteiger partial charge in [-0.3, -0.25) is 19.4 Å². The number of carboxylic acid groups (broad SMARTS) is 1. The molecule has 8 heteroatoms. The van der Waals surface area contributed by atoms with Crippen molar-refractivity contribution < 1.29 is 19.1 Å². The molecule has 0 spiro atoms. The summed E-state index contributed by atoms with van der Waals surface area (Å²) in [6.07, 6.45) is 2.72. The molecular weight excluding hydrogens is 373 g/mol. The maximum absolute atomic E-state index is 12.9. The summed E-state index contributed by atoms with van der Waals surface area (Å²) in [6, 6.07) is 6.06. The molecule has 6 nitrogen and oxygen atoms in total. The van der Waals surface area contributed by atoms with Crippen LogP contribution in [0.3, 0.4) is 0 Å². The van der Waals surface area contributed by atoms with Crippen LogP contribution >= 0.6 is 12.4 Å². The van der Waals surface area contributed by atoms with Crippen LogP contribution in [0.4, 0.5) is 4.39 Å². The second-order valence-electron chi connectivity index (χ2n) is 6.95. The van der Waals surface area contributed by atoms with Crippen molar-refractivity contribution in [3.63, 3.8) is 0 Å². The second kappa shape index (κ2) is 11.2. The van der Waals surface area contributed by atoms with Gasteiger partial charge >= 0.3 is 5.97 Å². The van der Waals surface area contributed by atoms with E-state index in [0.29, 0.717) is 6.54 Å². The zero-order chi connectivity index (χ0) is 19.1. The Balaban J connectivity index is 0.00000364. The third-order valence-corrected chi connectivity index (χ3v) is 5.05. The average Bonchev–Trinajstić information content (AvgIpc) is 2.86. The first kappa shape index (κ1) is 23.3. The molecule has 0 saturated carbocycles. The van der Waals surface area contributed by atoms with Crippen molar-refractivity contribution >= 4 is 24.3 Å². The molecule has 1 aliphatic rings. The fourth-order valence-corrected chi connectivity index (χ4v) is 3.38. The number of nitrogens with zero attached hydrogens (tertiary/aromatic N) is 2. The second-order valence-corrected chi connectivity index (χ2v) is 6.95. The fourth-order valence-electron chi connectivity index (χ4n) is 3.38. The number of carbonyl (C=O) groups is 2. The van der Waals surface area contributed by atoms with Gasteiger partial charge in [0.25, 0.3) is 0 Å². The van der Waals surface area contributed by atoms with Gasteiger partial charge in [0.2, 0.25) is 5.91 Å². The van der Waals surface area contributed by atoms with Gasteiger partial charge in [-0.05, 0) is 57.5 Å². The Bertz CT molecular complexity index is 615. The molecule has 1 amide bonds. The minimum atomic E-state index is -0.817. The molecule has 0 radical (unpaired) electrons. The summed E-state index contributed by atoms with van der Waals surface area (Å²) in [6.45, 7) is 3.89. The molecule has 27 heavy (non-hydrogen) atoms. The highest BCUT2D eigenvalue weighted by molar-refractivity contribution is 5.85. The van der Waals surface area contributed by atoms with Crippen LogP contribution in [0, 0.1) is 5.82 Å². The number of likely N-dealkylation sites (N-methyl/N-ethyl adjacent to an activating group) is 1. The number of halogens is 2.